The minimum atomic E-state index is -0.116. The minimum absolute atomic E-state index is 0.116. The lowest BCUT2D eigenvalue weighted by atomic mass is 9.64. The smallest absolute Gasteiger partial charge is 0.0939 e. The zero-order chi connectivity index (χ0) is 16.5. The predicted octanol–water partition coefficient (Wildman–Crippen LogP) is 4.93. The number of aryl methyl sites for hydroxylation is 1. The monoisotopic (exact) mass is 319 g/mol. The van der Waals surface area contributed by atoms with Crippen molar-refractivity contribution in [3.05, 3.63) is 34.9 Å². The Kier molecular flexibility index (Phi) is 5.08. The van der Waals surface area contributed by atoms with E-state index in [0.29, 0.717) is 11.0 Å². The Labute approximate surface area is 139 Å². The van der Waals surface area contributed by atoms with Crippen LogP contribution in [0.25, 0.3) is 0 Å². The van der Waals surface area contributed by atoms with Crippen LogP contribution in [0, 0.1) is 16.7 Å². The SMILES string of the molecule is CO[C@@](C)([C@H]1CCc2cc(C(=N)SC)ccc2C1)C(C)(C)C. The Bertz CT molecular complexity index is 561. The first-order valence-corrected chi connectivity index (χ1v) is 9.25. The summed E-state index contributed by atoms with van der Waals surface area (Å²) in [6.45, 7) is 9.08. The van der Waals surface area contributed by atoms with Crippen molar-refractivity contribution in [1.82, 2.24) is 0 Å². The van der Waals surface area contributed by atoms with E-state index in [4.69, 9.17) is 10.1 Å². The Morgan fingerprint density at radius 2 is 1.91 bits per heavy atom. The van der Waals surface area contributed by atoms with Gasteiger partial charge in [-0.1, -0.05) is 32.9 Å². The van der Waals surface area contributed by atoms with Crippen LogP contribution in [0.2, 0.25) is 0 Å². The zero-order valence-electron chi connectivity index (χ0n) is 14.7. The molecule has 0 saturated carbocycles. The molecule has 1 aliphatic rings. The van der Waals surface area contributed by atoms with Crippen molar-refractivity contribution >= 4 is 16.8 Å². The summed E-state index contributed by atoms with van der Waals surface area (Å²) in [4.78, 5) is 0. The van der Waals surface area contributed by atoms with E-state index >= 15 is 0 Å². The molecule has 1 aromatic rings. The highest BCUT2D eigenvalue weighted by Gasteiger charge is 2.45. The number of nitrogens with one attached hydrogen (secondary N) is 1. The summed E-state index contributed by atoms with van der Waals surface area (Å²) in [7, 11) is 1.85. The number of hydrogen-bond acceptors (Lipinski definition) is 3. The van der Waals surface area contributed by atoms with Gasteiger partial charge in [0.05, 0.1) is 10.6 Å². The summed E-state index contributed by atoms with van der Waals surface area (Å²) >= 11 is 1.50. The highest BCUT2D eigenvalue weighted by molar-refractivity contribution is 8.13. The Balaban J connectivity index is 2.27. The summed E-state index contributed by atoms with van der Waals surface area (Å²) in [5.41, 5.74) is 3.90. The molecule has 0 heterocycles. The quantitative estimate of drug-likeness (QED) is 0.633. The summed E-state index contributed by atoms with van der Waals surface area (Å²) in [6.07, 6.45) is 5.28. The van der Waals surface area contributed by atoms with E-state index in [9.17, 15) is 0 Å². The fourth-order valence-electron chi connectivity index (χ4n) is 3.57. The van der Waals surface area contributed by atoms with E-state index in [0.717, 1.165) is 24.8 Å². The van der Waals surface area contributed by atoms with Crippen LogP contribution in [0.3, 0.4) is 0 Å². The number of thioether (sulfide) groups is 1. The summed E-state index contributed by atoms with van der Waals surface area (Å²) in [5.74, 6) is 0.538. The number of rotatable bonds is 3. The van der Waals surface area contributed by atoms with Crippen molar-refractivity contribution < 1.29 is 4.74 Å². The van der Waals surface area contributed by atoms with Crippen LogP contribution >= 0.6 is 11.8 Å². The van der Waals surface area contributed by atoms with Gasteiger partial charge in [-0.15, -0.1) is 11.8 Å². The van der Waals surface area contributed by atoms with E-state index in [2.05, 4.69) is 45.9 Å². The van der Waals surface area contributed by atoms with Crippen LogP contribution in [0.15, 0.2) is 18.2 Å². The highest BCUT2D eigenvalue weighted by atomic mass is 32.2. The molecular weight excluding hydrogens is 290 g/mol. The Hall–Kier alpha value is -0.800. The van der Waals surface area contributed by atoms with Crippen molar-refractivity contribution in [3.8, 4) is 0 Å². The normalized spacial score (nSPS) is 21.1. The number of ether oxygens (including phenoxy) is 1. The maximum atomic E-state index is 7.99. The van der Waals surface area contributed by atoms with Crippen LogP contribution in [-0.2, 0) is 17.6 Å². The molecular formula is C19H29NOS. The lowest BCUT2D eigenvalue weighted by molar-refractivity contribution is -0.122. The molecule has 0 saturated heterocycles. The second kappa shape index (κ2) is 6.37. The number of benzene rings is 1. The first kappa shape index (κ1) is 17.6. The van der Waals surface area contributed by atoms with E-state index in [1.54, 1.807) is 0 Å². The molecule has 0 radical (unpaired) electrons. The van der Waals surface area contributed by atoms with Gasteiger partial charge in [-0.05, 0) is 61.0 Å². The maximum absolute atomic E-state index is 7.99. The molecule has 0 aliphatic heterocycles. The third kappa shape index (κ3) is 3.11. The minimum Gasteiger partial charge on any atom is -0.378 e. The number of fused-ring (bicyclic) bond motifs is 1. The maximum Gasteiger partial charge on any atom is 0.0939 e. The summed E-state index contributed by atoms with van der Waals surface area (Å²) in [5, 5.41) is 8.64. The van der Waals surface area contributed by atoms with E-state index in [-0.39, 0.29) is 11.0 Å². The van der Waals surface area contributed by atoms with E-state index in [1.807, 2.05) is 13.4 Å². The average molecular weight is 320 g/mol. The van der Waals surface area contributed by atoms with Crippen molar-refractivity contribution in [2.75, 3.05) is 13.4 Å². The lowest BCUT2D eigenvalue weighted by Gasteiger charge is -2.48. The molecule has 0 aromatic heterocycles. The second-order valence-electron chi connectivity index (χ2n) is 7.52. The molecule has 0 spiro atoms. The molecule has 2 rings (SSSR count). The largest absolute Gasteiger partial charge is 0.378 e. The van der Waals surface area contributed by atoms with Gasteiger partial charge in [-0.25, -0.2) is 0 Å². The van der Waals surface area contributed by atoms with Crippen molar-refractivity contribution in [2.45, 2.75) is 52.6 Å². The van der Waals surface area contributed by atoms with Crippen LogP contribution in [0.4, 0.5) is 0 Å². The van der Waals surface area contributed by atoms with Crippen molar-refractivity contribution in [3.63, 3.8) is 0 Å². The molecule has 22 heavy (non-hydrogen) atoms. The molecule has 0 bridgehead atoms. The summed E-state index contributed by atoms with van der Waals surface area (Å²) in [6, 6.07) is 6.53. The highest BCUT2D eigenvalue weighted by Crippen LogP contribution is 2.44. The van der Waals surface area contributed by atoms with Crippen LogP contribution in [0.5, 0.6) is 0 Å². The molecule has 0 amide bonds. The molecule has 1 aromatic carbocycles. The third-order valence-corrected chi connectivity index (χ3v) is 6.24. The fourth-order valence-corrected chi connectivity index (χ4v) is 3.93. The van der Waals surface area contributed by atoms with Gasteiger partial charge in [-0.3, -0.25) is 5.41 Å². The molecule has 2 atom stereocenters. The molecule has 122 valence electrons. The van der Waals surface area contributed by atoms with Gasteiger partial charge in [0.1, 0.15) is 0 Å². The third-order valence-electron chi connectivity index (χ3n) is 5.59. The van der Waals surface area contributed by atoms with Crippen molar-refractivity contribution in [2.24, 2.45) is 11.3 Å². The molecule has 3 heteroatoms. The standard InChI is InChI=1S/C19H29NOS/c1-18(2,3)19(4,21-5)16-10-9-13-11-15(17(20)22-6)8-7-14(13)12-16/h7-8,11,16,20H,9-10,12H2,1-6H3/t16-,19-/m0/s1. The van der Waals surface area contributed by atoms with E-state index < -0.39 is 0 Å². The van der Waals surface area contributed by atoms with Gasteiger partial charge >= 0.3 is 0 Å². The first-order valence-electron chi connectivity index (χ1n) is 8.03. The van der Waals surface area contributed by atoms with Crippen LogP contribution in [0.1, 0.15) is 50.8 Å². The Morgan fingerprint density at radius 3 is 2.45 bits per heavy atom. The average Bonchev–Trinajstić information content (AvgIpc) is 2.51. The Morgan fingerprint density at radius 1 is 1.23 bits per heavy atom. The number of hydrogen-bond donors (Lipinski definition) is 1. The van der Waals surface area contributed by atoms with Gasteiger partial charge in [-0.2, -0.15) is 0 Å². The van der Waals surface area contributed by atoms with Crippen LogP contribution in [-0.4, -0.2) is 24.0 Å². The van der Waals surface area contributed by atoms with Crippen molar-refractivity contribution in [1.29, 1.82) is 5.41 Å². The van der Waals surface area contributed by atoms with Gasteiger partial charge in [0.25, 0.3) is 0 Å². The van der Waals surface area contributed by atoms with Crippen LogP contribution < -0.4 is 0 Å². The molecule has 0 unspecified atom stereocenters. The zero-order valence-corrected chi connectivity index (χ0v) is 15.6. The second-order valence-corrected chi connectivity index (χ2v) is 8.33. The molecule has 2 nitrogen and oxygen atoms in total. The topological polar surface area (TPSA) is 33.1 Å². The fraction of sp³-hybridized carbons (Fsp3) is 0.632. The molecule has 1 N–H and O–H groups in total. The first-order chi connectivity index (χ1) is 10.2. The number of methoxy groups -OCH3 is 1. The van der Waals surface area contributed by atoms with Gasteiger partial charge < -0.3 is 4.74 Å². The van der Waals surface area contributed by atoms with E-state index in [1.165, 1.54) is 22.9 Å². The van der Waals surface area contributed by atoms with Gasteiger partial charge in [0, 0.05) is 12.7 Å². The summed E-state index contributed by atoms with van der Waals surface area (Å²) < 4.78 is 6.00. The van der Waals surface area contributed by atoms with Gasteiger partial charge in [0.2, 0.25) is 0 Å². The van der Waals surface area contributed by atoms with Gasteiger partial charge in [0.15, 0.2) is 0 Å². The predicted molar refractivity (Wildman–Crippen MR) is 97.2 cm³/mol. The molecule has 1 aliphatic carbocycles. The molecule has 0 fully saturated rings. The lowest BCUT2D eigenvalue weighted by Crippen LogP contribution is -2.50.